The topological polar surface area (TPSA) is 69.4 Å². The molecular weight excluding hydrogens is 334 g/mol. The summed E-state index contributed by atoms with van der Waals surface area (Å²) < 4.78 is 12.3. The Morgan fingerprint density at radius 2 is 2.00 bits per heavy atom. The lowest BCUT2D eigenvalue weighted by atomic mass is 10.0. The second kappa shape index (κ2) is 6.43. The van der Waals surface area contributed by atoms with E-state index in [0.717, 1.165) is 33.6 Å². The molecule has 0 bridgehead atoms. The van der Waals surface area contributed by atoms with Gasteiger partial charge in [0.25, 0.3) is 0 Å². The van der Waals surface area contributed by atoms with Crippen molar-refractivity contribution in [3.05, 3.63) is 52.3 Å². The van der Waals surface area contributed by atoms with Gasteiger partial charge in [0.2, 0.25) is 0 Å². The third kappa shape index (κ3) is 3.02. The van der Waals surface area contributed by atoms with Crippen LogP contribution in [0, 0.1) is 0 Å². The second-order valence-corrected chi connectivity index (χ2v) is 5.58. The van der Waals surface area contributed by atoms with Crippen molar-refractivity contribution in [3.63, 3.8) is 0 Å². The number of hydrogen-bond donors (Lipinski definition) is 2. The Morgan fingerprint density at radius 3 is 2.76 bits per heavy atom. The first-order chi connectivity index (χ1) is 10.3. The third-order valence-corrected chi connectivity index (χ3v) is 4.00. The van der Waals surface area contributed by atoms with Crippen molar-refractivity contribution in [1.29, 1.82) is 0 Å². The van der Waals surface area contributed by atoms with Crippen LogP contribution in [-0.2, 0) is 0 Å². The lowest BCUT2D eigenvalue weighted by molar-refractivity contribution is 0.297. The molecule has 0 amide bonds. The van der Waals surface area contributed by atoms with E-state index in [1.165, 1.54) is 0 Å². The van der Waals surface area contributed by atoms with Gasteiger partial charge in [-0.05, 0) is 45.8 Å². The fraction of sp³-hybridized carbons (Fsp3) is 0.267. The molecule has 0 saturated heterocycles. The van der Waals surface area contributed by atoms with Crippen LogP contribution in [0.1, 0.15) is 23.7 Å². The molecule has 0 radical (unpaired) electrons. The maximum absolute atomic E-state index is 5.73. The van der Waals surface area contributed by atoms with Crippen LogP contribution in [0.2, 0.25) is 0 Å². The van der Waals surface area contributed by atoms with E-state index in [1.54, 1.807) is 6.20 Å². The van der Waals surface area contributed by atoms with Gasteiger partial charge in [-0.3, -0.25) is 10.8 Å². The van der Waals surface area contributed by atoms with Gasteiger partial charge in [0.05, 0.1) is 24.9 Å². The highest BCUT2D eigenvalue weighted by Crippen LogP contribution is 2.34. The van der Waals surface area contributed by atoms with Crippen LogP contribution in [-0.4, -0.2) is 18.2 Å². The molecule has 3 rings (SSSR count). The average molecular weight is 350 g/mol. The zero-order valence-electron chi connectivity index (χ0n) is 11.4. The molecule has 1 aliphatic heterocycles. The molecule has 6 heteroatoms. The number of nitrogens with one attached hydrogen (secondary N) is 1. The normalized spacial score (nSPS) is 15.3. The minimum Gasteiger partial charge on any atom is -0.490 e. The summed E-state index contributed by atoms with van der Waals surface area (Å²) in [5.74, 6) is 7.25. The molecule has 5 nitrogen and oxygen atoms in total. The first kappa shape index (κ1) is 14.3. The highest BCUT2D eigenvalue weighted by molar-refractivity contribution is 9.10. The number of benzene rings is 1. The van der Waals surface area contributed by atoms with Gasteiger partial charge in [-0.2, -0.15) is 0 Å². The van der Waals surface area contributed by atoms with Gasteiger partial charge in [-0.1, -0.05) is 6.07 Å². The van der Waals surface area contributed by atoms with Crippen LogP contribution in [0.5, 0.6) is 11.5 Å². The van der Waals surface area contributed by atoms with Crippen LogP contribution in [0.4, 0.5) is 0 Å². The second-order valence-electron chi connectivity index (χ2n) is 4.73. The van der Waals surface area contributed by atoms with Crippen molar-refractivity contribution < 1.29 is 9.47 Å². The number of aromatic nitrogens is 1. The lowest BCUT2D eigenvalue weighted by Gasteiger charge is -2.18. The minimum atomic E-state index is -0.224. The van der Waals surface area contributed by atoms with Crippen molar-refractivity contribution >= 4 is 15.9 Å². The summed E-state index contributed by atoms with van der Waals surface area (Å²) in [6, 6.07) is 9.42. The molecule has 1 unspecified atom stereocenters. The maximum Gasteiger partial charge on any atom is 0.161 e. The zero-order valence-corrected chi connectivity index (χ0v) is 13.0. The molecule has 1 aromatic heterocycles. The zero-order chi connectivity index (χ0) is 14.7. The SMILES string of the molecule is NNC(c1ccc2c(c1)OCCCO2)c1ncccc1Br. The van der Waals surface area contributed by atoms with Gasteiger partial charge in [-0.15, -0.1) is 0 Å². The van der Waals surface area contributed by atoms with E-state index in [9.17, 15) is 0 Å². The van der Waals surface area contributed by atoms with Crippen LogP contribution >= 0.6 is 15.9 Å². The molecule has 0 fully saturated rings. The Balaban J connectivity index is 1.98. The minimum absolute atomic E-state index is 0.224. The highest BCUT2D eigenvalue weighted by atomic mass is 79.9. The molecule has 3 N–H and O–H groups in total. The summed E-state index contributed by atoms with van der Waals surface area (Å²) in [5.41, 5.74) is 4.61. The number of hydrogen-bond acceptors (Lipinski definition) is 5. The van der Waals surface area contributed by atoms with E-state index in [4.69, 9.17) is 15.3 Å². The van der Waals surface area contributed by atoms with Crippen LogP contribution < -0.4 is 20.7 Å². The number of fused-ring (bicyclic) bond motifs is 1. The summed E-state index contributed by atoms with van der Waals surface area (Å²) >= 11 is 3.51. The van der Waals surface area contributed by atoms with E-state index < -0.39 is 0 Å². The van der Waals surface area contributed by atoms with Gasteiger partial charge >= 0.3 is 0 Å². The van der Waals surface area contributed by atoms with E-state index in [0.29, 0.717) is 13.2 Å². The summed E-state index contributed by atoms with van der Waals surface area (Å²) in [6.07, 6.45) is 2.63. The summed E-state index contributed by atoms with van der Waals surface area (Å²) in [4.78, 5) is 4.39. The Labute approximate surface area is 131 Å². The predicted octanol–water partition coefficient (Wildman–Crippen LogP) is 2.56. The molecule has 0 spiro atoms. The Bertz CT molecular complexity index is 636. The van der Waals surface area contributed by atoms with Crippen molar-refractivity contribution in [3.8, 4) is 11.5 Å². The molecule has 1 atom stereocenters. The smallest absolute Gasteiger partial charge is 0.161 e. The van der Waals surface area contributed by atoms with Gasteiger partial charge in [0, 0.05) is 17.1 Å². The first-order valence-corrected chi connectivity index (χ1v) is 7.55. The molecule has 0 aliphatic carbocycles. The Morgan fingerprint density at radius 1 is 1.19 bits per heavy atom. The lowest BCUT2D eigenvalue weighted by Crippen LogP contribution is -2.29. The number of hydrazine groups is 1. The average Bonchev–Trinajstić information content (AvgIpc) is 2.75. The quantitative estimate of drug-likeness (QED) is 0.658. The number of halogens is 1. The molecular formula is C15H16BrN3O2. The van der Waals surface area contributed by atoms with E-state index in [-0.39, 0.29) is 6.04 Å². The summed E-state index contributed by atoms with van der Waals surface area (Å²) in [6.45, 7) is 1.33. The molecule has 2 heterocycles. The van der Waals surface area contributed by atoms with Gasteiger partial charge < -0.3 is 9.47 Å². The molecule has 1 aromatic carbocycles. The largest absolute Gasteiger partial charge is 0.490 e. The molecule has 110 valence electrons. The Hall–Kier alpha value is -1.63. The number of nitrogens with two attached hydrogens (primary N) is 1. The number of ether oxygens (including phenoxy) is 2. The fourth-order valence-corrected chi connectivity index (χ4v) is 2.79. The van der Waals surface area contributed by atoms with Crippen molar-refractivity contribution in [2.75, 3.05) is 13.2 Å². The molecule has 1 aliphatic rings. The molecule has 21 heavy (non-hydrogen) atoms. The summed E-state index contributed by atoms with van der Waals surface area (Å²) in [7, 11) is 0. The maximum atomic E-state index is 5.73. The standard InChI is InChI=1S/C15H16BrN3O2/c16-11-3-1-6-18-15(11)14(19-17)10-4-5-12-13(9-10)21-8-2-7-20-12/h1,3-6,9,14,19H,2,7-8,17H2. The number of pyridine rings is 1. The Kier molecular flexibility index (Phi) is 4.38. The van der Waals surface area contributed by atoms with Crippen molar-refractivity contribution in [2.24, 2.45) is 5.84 Å². The highest BCUT2D eigenvalue weighted by Gasteiger charge is 2.19. The number of nitrogens with zero attached hydrogens (tertiary/aromatic N) is 1. The first-order valence-electron chi connectivity index (χ1n) is 6.75. The number of rotatable bonds is 3. The third-order valence-electron chi connectivity index (χ3n) is 3.33. The van der Waals surface area contributed by atoms with E-state index in [1.807, 2.05) is 30.3 Å². The predicted molar refractivity (Wildman–Crippen MR) is 83.2 cm³/mol. The fourth-order valence-electron chi connectivity index (χ4n) is 2.30. The van der Waals surface area contributed by atoms with E-state index in [2.05, 4.69) is 26.3 Å². The summed E-state index contributed by atoms with van der Waals surface area (Å²) in [5, 5.41) is 0. The molecule has 0 saturated carbocycles. The van der Waals surface area contributed by atoms with Gasteiger partial charge in [-0.25, -0.2) is 5.43 Å². The van der Waals surface area contributed by atoms with Crippen LogP contribution in [0.3, 0.4) is 0 Å². The van der Waals surface area contributed by atoms with Crippen LogP contribution in [0.15, 0.2) is 41.0 Å². The van der Waals surface area contributed by atoms with Crippen molar-refractivity contribution in [1.82, 2.24) is 10.4 Å². The van der Waals surface area contributed by atoms with Crippen molar-refractivity contribution in [2.45, 2.75) is 12.5 Å². The molecule has 2 aromatic rings. The van der Waals surface area contributed by atoms with Crippen LogP contribution in [0.25, 0.3) is 0 Å². The van der Waals surface area contributed by atoms with Gasteiger partial charge in [0.1, 0.15) is 0 Å². The monoisotopic (exact) mass is 349 g/mol. The van der Waals surface area contributed by atoms with E-state index >= 15 is 0 Å². The van der Waals surface area contributed by atoms with Gasteiger partial charge in [0.15, 0.2) is 11.5 Å².